The third kappa shape index (κ3) is 5.28. The standard InChI is InChI=1S/C21H25N3O4/c1-21(2,3)28-20(26)24-10-9-18(25)16(13-24)17-11-23-19(12-22-17)27-14-15-7-5-4-6-8-15/h4-8,11-12,16H,9-10,13-14H2,1-3H3/t16-/m0/s1. The Bertz CT molecular complexity index is 816. The van der Waals surface area contributed by atoms with Gasteiger partial charge in [-0.3, -0.25) is 9.78 Å². The monoisotopic (exact) mass is 383 g/mol. The molecule has 2 aromatic rings. The number of benzene rings is 1. The van der Waals surface area contributed by atoms with Gasteiger partial charge in [-0.1, -0.05) is 30.3 Å². The van der Waals surface area contributed by atoms with E-state index in [2.05, 4.69) is 9.97 Å². The minimum Gasteiger partial charge on any atom is -0.472 e. The van der Waals surface area contributed by atoms with Crippen LogP contribution in [0.1, 0.15) is 44.4 Å². The van der Waals surface area contributed by atoms with E-state index in [1.807, 2.05) is 51.1 Å². The summed E-state index contributed by atoms with van der Waals surface area (Å²) in [6.07, 6.45) is 2.91. The van der Waals surface area contributed by atoms with E-state index in [1.54, 1.807) is 11.1 Å². The van der Waals surface area contributed by atoms with E-state index in [0.29, 0.717) is 24.7 Å². The molecule has 1 atom stereocenters. The predicted octanol–water partition coefficient (Wildman–Crippen LogP) is 3.35. The average molecular weight is 383 g/mol. The van der Waals surface area contributed by atoms with Gasteiger partial charge in [0.05, 0.1) is 24.0 Å². The highest BCUT2D eigenvalue weighted by atomic mass is 16.6. The molecule has 0 saturated carbocycles. The topological polar surface area (TPSA) is 81.6 Å². The predicted molar refractivity (Wildman–Crippen MR) is 103 cm³/mol. The summed E-state index contributed by atoms with van der Waals surface area (Å²) in [6.45, 7) is 6.44. The van der Waals surface area contributed by atoms with Crippen LogP contribution in [0.3, 0.4) is 0 Å². The van der Waals surface area contributed by atoms with E-state index < -0.39 is 17.6 Å². The van der Waals surface area contributed by atoms with Gasteiger partial charge in [-0.2, -0.15) is 0 Å². The molecule has 7 nitrogen and oxygen atoms in total. The first-order valence-corrected chi connectivity index (χ1v) is 9.31. The Balaban J connectivity index is 1.63. The molecular formula is C21H25N3O4. The molecule has 7 heteroatoms. The van der Waals surface area contributed by atoms with E-state index in [1.165, 1.54) is 6.20 Å². The number of hydrogen-bond acceptors (Lipinski definition) is 6. The van der Waals surface area contributed by atoms with Crippen LogP contribution >= 0.6 is 0 Å². The lowest BCUT2D eigenvalue weighted by Crippen LogP contribution is -2.45. The molecule has 28 heavy (non-hydrogen) atoms. The lowest BCUT2D eigenvalue weighted by molar-refractivity contribution is -0.123. The molecule has 0 N–H and O–H groups in total. The summed E-state index contributed by atoms with van der Waals surface area (Å²) in [5, 5.41) is 0. The van der Waals surface area contributed by atoms with Crippen molar-refractivity contribution in [1.29, 1.82) is 0 Å². The number of carbonyl (C=O) groups excluding carboxylic acids is 2. The van der Waals surface area contributed by atoms with Gasteiger partial charge in [-0.25, -0.2) is 9.78 Å². The number of likely N-dealkylation sites (tertiary alicyclic amines) is 1. The molecule has 1 aromatic carbocycles. The van der Waals surface area contributed by atoms with Crippen molar-refractivity contribution < 1.29 is 19.1 Å². The third-order valence-corrected chi connectivity index (χ3v) is 4.31. The summed E-state index contributed by atoms with van der Waals surface area (Å²) in [5.74, 6) is -0.0659. The Morgan fingerprint density at radius 1 is 1.18 bits per heavy atom. The zero-order valence-electron chi connectivity index (χ0n) is 16.4. The number of hydrogen-bond donors (Lipinski definition) is 0. The molecule has 0 radical (unpaired) electrons. The van der Waals surface area contributed by atoms with Crippen molar-refractivity contribution in [2.24, 2.45) is 0 Å². The van der Waals surface area contributed by atoms with Crippen LogP contribution in [0, 0.1) is 0 Å². The summed E-state index contributed by atoms with van der Waals surface area (Å²) in [4.78, 5) is 34.8. The molecule has 2 heterocycles. The van der Waals surface area contributed by atoms with Crippen LogP contribution in [-0.2, 0) is 16.1 Å². The van der Waals surface area contributed by atoms with E-state index in [9.17, 15) is 9.59 Å². The molecule has 0 bridgehead atoms. The van der Waals surface area contributed by atoms with Crippen LogP contribution in [-0.4, -0.2) is 45.4 Å². The Labute approximate surface area is 164 Å². The van der Waals surface area contributed by atoms with Gasteiger partial charge in [0.15, 0.2) is 0 Å². The summed E-state index contributed by atoms with van der Waals surface area (Å²) >= 11 is 0. The van der Waals surface area contributed by atoms with Crippen molar-refractivity contribution in [1.82, 2.24) is 14.9 Å². The number of piperidine rings is 1. The van der Waals surface area contributed by atoms with Crippen molar-refractivity contribution in [2.75, 3.05) is 13.1 Å². The van der Waals surface area contributed by atoms with Crippen LogP contribution in [0.15, 0.2) is 42.7 Å². The molecule has 1 amide bonds. The van der Waals surface area contributed by atoms with Crippen molar-refractivity contribution in [2.45, 2.75) is 45.3 Å². The largest absolute Gasteiger partial charge is 0.472 e. The average Bonchev–Trinajstić information content (AvgIpc) is 2.67. The first kappa shape index (κ1) is 19.8. The van der Waals surface area contributed by atoms with Crippen LogP contribution < -0.4 is 4.74 Å². The Morgan fingerprint density at radius 2 is 1.93 bits per heavy atom. The smallest absolute Gasteiger partial charge is 0.410 e. The van der Waals surface area contributed by atoms with Crippen LogP contribution in [0.2, 0.25) is 0 Å². The number of ether oxygens (including phenoxy) is 2. The molecule has 1 saturated heterocycles. The highest BCUT2D eigenvalue weighted by molar-refractivity contribution is 5.87. The zero-order valence-corrected chi connectivity index (χ0v) is 16.4. The van der Waals surface area contributed by atoms with Gasteiger partial charge in [0.2, 0.25) is 5.88 Å². The van der Waals surface area contributed by atoms with Crippen molar-refractivity contribution >= 4 is 11.9 Å². The maximum atomic E-state index is 12.4. The molecule has 1 aliphatic heterocycles. The minimum absolute atomic E-state index is 0.0482. The second-order valence-electron chi connectivity index (χ2n) is 7.75. The molecule has 1 aromatic heterocycles. The maximum absolute atomic E-state index is 12.4. The van der Waals surface area contributed by atoms with E-state index >= 15 is 0 Å². The van der Waals surface area contributed by atoms with Gasteiger partial charge in [-0.05, 0) is 26.3 Å². The normalized spacial score (nSPS) is 17.3. The Morgan fingerprint density at radius 3 is 2.57 bits per heavy atom. The van der Waals surface area contributed by atoms with Crippen molar-refractivity contribution in [3.05, 3.63) is 54.0 Å². The highest BCUT2D eigenvalue weighted by Crippen LogP contribution is 2.24. The van der Waals surface area contributed by atoms with Gasteiger partial charge < -0.3 is 14.4 Å². The van der Waals surface area contributed by atoms with Gasteiger partial charge in [0, 0.05) is 19.5 Å². The number of Topliss-reactive ketones (excluding diaryl/α,β-unsaturated/α-hetero) is 1. The molecule has 0 aliphatic carbocycles. The Kier molecular flexibility index (Phi) is 5.92. The number of amides is 1. The number of carbonyl (C=O) groups is 2. The fourth-order valence-corrected chi connectivity index (χ4v) is 2.90. The minimum atomic E-state index is -0.578. The summed E-state index contributed by atoms with van der Waals surface area (Å²) in [5.41, 5.74) is 0.986. The maximum Gasteiger partial charge on any atom is 0.410 e. The first-order valence-electron chi connectivity index (χ1n) is 9.31. The Hall–Kier alpha value is -2.96. The van der Waals surface area contributed by atoms with Crippen molar-refractivity contribution in [3.63, 3.8) is 0 Å². The van der Waals surface area contributed by atoms with Gasteiger partial charge in [0.1, 0.15) is 18.0 Å². The van der Waals surface area contributed by atoms with E-state index in [0.717, 1.165) is 5.56 Å². The molecule has 3 rings (SSSR count). The second kappa shape index (κ2) is 8.37. The van der Waals surface area contributed by atoms with Crippen molar-refractivity contribution in [3.8, 4) is 5.88 Å². The summed E-state index contributed by atoms with van der Waals surface area (Å²) in [6, 6.07) is 9.76. The van der Waals surface area contributed by atoms with E-state index in [-0.39, 0.29) is 18.7 Å². The van der Waals surface area contributed by atoms with Crippen LogP contribution in [0.4, 0.5) is 4.79 Å². The SMILES string of the molecule is CC(C)(C)OC(=O)N1CCC(=O)[C@H](c2cnc(OCc3ccccc3)cn2)C1. The quantitative estimate of drug-likeness (QED) is 0.805. The number of rotatable bonds is 4. The van der Waals surface area contributed by atoms with Gasteiger partial charge in [-0.15, -0.1) is 0 Å². The number of aromatic nitrogens is 2. The summed E-state index contributed by atoms with van der Waals surface area (Å²) in [7, 11) is 0. The van der Waals surface area contributed by atoms with Crippen LogP contribution in [0.25, 0.3) is 0 Å². The van der Waals surface area contributed by atoms with E-state index in [4.69, 9.17) is 9.47 Å². The molecule has 0 unspecified atom stereocenters. The lowest BCUT2D eigenvalue weighted by atomic mass is 9.94. The fourth-order valence-electron chi connectivity index (χ4n) is 2.90. The molecule has 148 valence electrons. The number of nitrogens with zero attached hydrogens (tertiary/aromatic N) is 3. The highest BCUT2D eigenvalue weighted by Gasteiger charge is 2.34. The lowest BCUT2D eigenvalue weighted by Gasteiger charge is -2.33. The zero-order chi connectivity index (χ0) is 20.1. The van der Waals surface area contributed by atoms with Gasteiger partial charge in [0.25, 0.3) is 0 Å². The molecule has 1 fully saturated rings. The van der Waals surface area contributed by atoms with Gasteiger partial charge >= 0.3 is 6.09 Å². The molecular weight excluding hydrogens is 358 g/mol. The molecule has 1 aliphatic rings. The number of ketones is 1. The first-order chi connectivity index (χ1) is 13.3. The second-order valence-corrected chi connectivity index (χ2v) is 7.75. The summed E-state index contributed by atoms with van der Waals surface area (Å²) < 4.78 is 11.0. The fraction of sp³-hybridized carbons (Fsp3) is 0.429. The molecule has 0 spiro atoms. The third-order valence-electron chi connectivity index (χ3n) is 4.31. The van der Waals surface area contributed by atoms with Crippen LogP contribution in [0.5, 0.6) is 5.88 Å².